The van der Waals surface area contributed by atoms with Crippen LogP contribution in [0.2, 0.25) is 0 Å². The predicted molar refractivity (Wildman–Crippen MR) is 123 cm³/mol. The van der Waals surface area contributed by atoms with Gasteiger partial charge in [-0.2, -0.15) is 17.5 Å². The number of rotatable bonds is 5. The highest BCUT2D eigenvalue weighted by Crippen LogP contribution is 2.32. The fourth-order valence-corrected chi connectivity index (χ4v) is 6.16. The number of anilines is 1. The van der Waals surface area contributed by atoms with E-state index in [1.807, 2.05) is 10.3 Å². The van der Waals surface area contributed by atoms with Crippen molar-refractivity contribution in [3.63, 3.8) is 0 Å². The Hall–Kier alpha value is -2.43. The van der Waals surface area contributed by atoms with Gasteiger partial charge in [0.2, 0.25) is 10.0 Å². The first kappa shape index (κ1) is 23.7. The Bertz CT molecular complexity index is 1250. The lowest BCUT2D eigenvalue weighted by atomic mass is 10.0. The van der Waals surface area contributed by atoms with Gasteiger partial charge in [-0.3, -0.25) is 0 Å². The van der Waals surface area contributed by atoms with E-state index in [1.165, 1.54) is 38.4 Å². The zero-order valence-electron chi connectivity index (χ0n) is 18.3. The van der Waals surface area contributed by atoms with Crippen molar-refractivity contribution in [1.82, 2.24) is 9.29 Å². The number of hydrogen-bond donors (Lipinski definition) is 0. The number of thiazole rings is 1. The molecule has 3 aromatic rings. The van der Waals surface area contributed by atoms with Crippen LogP contribution in [0.5, 0.6) is 0 Å². The number of sulfonamides is 1. The first-order valence-electron chi connectivity index (χ1n) is 10.5. The van der Waals surface area contributed by atoms with Crippen LogP contribution in [0, 0.1) is 13.8 Å². The van der Waals surface area contributed by atoms with Crippen LogP contribution < -0.4 is 4.90 Å². The molecule has 1 aromatic heterocycles. The van der Waals surface area contributed by atoms with E-state index in [1.54, 1.807) is 0 Å². The highest BCUT2D eigenvalue weighted by atomic mass is 32.2. The molecule has 1 aliphatic rings. The van der Waals surface area contributed by atoms with Gasteiger partial charge in [0.15, 0.2) is 5.13 Å². The first-order valence-corrected chi connectivity index (χ1v) is 12.8. The number of piperazine rings is 1. The molecule has 0 spiro atoms. The smallest absolute Gasteiger partial charge is 0.345 e. The lowest BCUT2D eigenvalue weighted by molar-refractivity contribution is -0.137. The van der Waals surface area contributed by atoms with Gasteiger partial charge in [0.05, 0.1) is 16.2 Å². The third kappa shape index (κ3) is 5.23. The molecular formula is C23H24F3N3O2S2. The Morgan fingerprint density at radius 3 is 2.45 bits per heavy atom. The Labute approximate surface area is 195 Å². The summed E-state index contributed by atoms with van der Waals surface area (Å²) in [5.41, 5.74) is 3.63. The monoisotopic (exact) mass is 495 g/mol. The summed E-state index contributed by atoms with van der Waals surface area (Å²) < 4.78 is 66.0. The van der Waals surface area contributed by atoms with E-state index in [0.29, 0.717) is 19.2 Å². The summed E-state index contributed by atoms with van der Waals surface area (Å²) in [7, 11) is -4.01. The minimum absolute atomic E-state index is 0.185. The molecule has 2 aromatic carbocycles. The quantitative estimate of drug-likeness (QED) is 0.506. The summed E-state index contributed by atoms with van der Waals surface area (Å²) in [5.74, 6) is 0. The van der Waals surface area contributed by atoms with Crippen molar-refractivity contribution in [2.24, 2.45) is 0 Å². The van der Waals surface area contributed by atoms with Gasteiger partial charge in [0, 0.05) is 38.0 Å². The lowest BCUT2D eigenvalue weighted by Crippen LogP contribution is -2.48. The summed E-state index contributed by atoms with van der Waals surface area (Å²) in [4.78, 5) is 6.42. The van der Waals surface area contributed by atoms with Crippen molar-refractivity contribution in [3.8, 4) is 0 Å². The number of hydrogen-bond acceptors (Lipinski definition) is 5. The molecular weight excluding hydrogens is 471 g/mol. The lowest BCUT2D eigenvalue weighted by Gasteiger charge is -2.33. The van der Waals surface area contributed by atoms with E-state index >= 15 is 0 Å². The molecule has 1 aliphatic heterocycles. The molecule has 1 saturated heterocycles. The van der Waals surface area contributed by atoms with Gasteiger partial charge in [-0.05, 0) is 43.2 Å². The number of benzene rings is 2. The minimum Gasteiger partial charge on any atom is -0.345 e. The van der Waals surface area contributed by atoms with E-state index in [-0.39, 0.29) is 18.0 Å². The van der Waals surface area contributed by atoms with E-state index in [0.717, 1.165) is 29.4 Å². The third-order valence-electron chi connectivity index (χ3n) is 5.72. The molecule has 176 valence electrons. The Kier molecular flexibility index (Phi) is 6.52. The normalized spacial score (nSPS) is 15.7. The molecule has 2 heterocycles. The number of aryl methyl sites for hydroxylation is 2. The van der Waals surface area contributed by atoms with Gasteiger partial charge in [-0.1, -0.05) is 29.8 Å². The molecule has 10 heteroatoms. The van der Waals surface area contributed by atoms with E-state index in [2.05, 4.69) is 32.0 Å². The molecule has 0 amide bonds. The average Bonchev–Trinajstić information content (AvgIpc) is 3.24. The van der Waals surface area contributed by atoms with Crippen molar-refractivity contribution in [3.05, 3.63) is 75.8 Å². The Balaban J connectivity index is 1.43. The summed E-state index contributed by atoms with van der Waals surface area (Å²) >= 11 is 1.52. The van der Waals surface area contributed by atoms with Crippen LogP contribution in [0.25, 0.3) is 0 Å². The van der Waals surface area contributed by atoms with E-state index < -0.39 is 21.8 Å². The van der Waals surface area contributed by atoms with Crippen molar-refractivity contribution < 1.29 is 21.6 Å². The van der Waals surface area contributed by atoms with Gasteiger partial charge < -0.3 is 4.90 Å². The van der Waals surface area contributed by atoms with Crippen LogP contribution in [-0.2, 0) is 22.6 Å². The molecule has 0 unspecified atom stereocenters. The van der Waals surface area contributed by atoms with Crippen LogP contribution in [-0.4, -0.2) is 43.9 Å². The summed E-state index contributed by atoms with van der Waals surface area (Å²) in [6.07, 6.45) is -3.86. The number of halogens is 3. The molecule has 0 radical (unpaired) electrons. The summed E-state index contributed by atoms with van der Waals surface area (Å²) in [5, 5.41) is 2.84. The number of alkyl halides is 3. The molecule has 33 heavy (non-hydrogen) atoms. The molecule has 1 fully saturated rings. The molecule has 0 aliphatic carbocycles. The predicted octanol–water partition coefficient (Wildman–Crippen LogP) is 4.88. The van der Waals surface area contributed by atoms with E-state index in [9.17, 15) is 21.6 Å². The zero-order valence-corrected chi connectivity index (χ0v) is 19.9. The highest BCUT2D eigenvalue weighted by molar-refractivity contribution is 7.89. The van der Waals surface area contributed by atoms with Gasteiger partial charge in [0.25, 0.3) is 0 Å². The maximum atomic E-state index is 13.0. The SMILES string of the molecule is Cc1ccc(C)c(Cc2csc(N3CCN(S(=O)(=O)c4cccc(C(F)(F)F)c4)CC3)n2)c1. The number of nitrogens with zero attached hydrogens (tertiary/aromatic N) is 3. The molecule has 5 nitrogen and oxygen atoms in total. The molecule has 4 rings (SSSR count). The van der Waals surface area contributed by atoms with Gasteiger partial charge >= 0.3 is 6.18 Å². The van der Waals surface area contributed by atoms with E-state index in [4.69, 9.17) is 4.98 Å². The highest BCUT2D eigenvalue weighted by Gasteiger charge is 2.34. The average molecular weight is 496 g/mol. The van der Waals surface area contributed by atoms with Crippen LogP contribution in [0.15, 0.2) is 52.7 Å². The number of aromatic nitrogens is 1. The van der Waals surface area contributed by atoms with Gasteiger partial charge in [0.1, 0.15) is 0 Å². The molecule has 0 atom stereocenters. The minimum atomic E-state index is -4.59. The second kappa shape index (κ2) is 9.08. The van der Waals surface area contributed by atoms with Crippen molar-refractivity contribution in [2.75, 3.05) is 31.1 Å². The zero-order chi connectivity index (χ0) is 23.8. The third-order valence-corrected chi connectivity index (χ3v) is 8.57. The molecule has 0 N–H and O–H groups in total. The van der Waals surface area contributed by atoms with Crippen molar-refractivity contribution in [2.45, 2.75) is 31.3 Å². The fraction of sp³-hybridized carbons (Fsp3) is 0.348. The largest absolute Gasteiger partial charge is 0.416 e. The standard InChI is InChI=1S/C23H24F3N3O2S2/c1-16-6-7-17(2)18(12-16)13-20-15-32-22(27-20)28-8-10-29(11-9-28)33(30,31)21-5-3-4-19(14-21)23(24,25)26/h3-7,12,14-15H,8-11,13H2,1-2H3. The van der Waals surface area contributed by atoms with Crippen molar-refractivity contribution >= 4 is 26.5 Å². The second-order valence-electron chi connectivity index (χ2n) is 8.14. The van der Waals surface area contributed by atoms with Crippen molar-refractivity contribution in [1.29, 1.82) is 0 Å². The van der Waals surface area contributed by atoms with Crippen LogP contribution in [0.4, 0.5) is 18.3 Å². The molecule has 0 saturated carbocycles. The van der Waals surface area contributed by atoms with Crippen LogP contribution >= 0.6 is 11.3 Å². The summed E-state index contributed by atoms with van der Waals surface area (Å²) in [6.45, 7) is 5.35. The Morgan fingerprint density at radius 2 is 1.76 bits per heavy atom. The van der Waals surface area contributed by atoms with Gasteiger partial charge in [-0.25, -0.2) is 13.4 Å². The fourth-order valence-electron chi connectivity index (χ4n) is 3.81. The van der Waals surface area contributed by atoms with Crippen LogP contribution in [0.3, 0.4) is 0 Å². The Morgan fingerprint density at radius 1 is 1.03 bits per heavy atom. The summed E-state index contributed by atoms with van der Waals surface area (Å²) in [6, 6.07) is 10.2. The topological polar surface area (TPSA) is 53.5 Å². The maximum Gasteiger partial charge on any atom is 0.416 e. The van der Waals surface area contributed by atoms with Gasteiger partial charge in [-0.15, -0.1) is 11.3 Å². The van der Waals surface area contributed by atoms with Crippen LogP contribution in [0.1, 0.15) is 27.9 Å². The maximum absolute atomic E-state index is 13.0. The molecule has 0 bridgehead atoms. The second-order valence-corrected chi connectivity index (χ2v) is 10.9. The first-order chi connectivity index (χ1) is 15.5.